The Labute approximate surface area is 139 Å². The summed E-state index contributed by atoms with van der Waals surface area (Å²) in [6.45, 7) is 3.80. The van der Waals surface area contributed by atoms with Crippen molar-refractivity contribution in [3.8, 4) is 10.6 Å². The molecule has 118 valence electrons. The van der Waals surface area contributed by atoms with Crippen LogP contribution in [-0.2, 0) is 11.2 Å². The van der Waals surface area contributed by atoms with E-state index in [-0.39, 0.29) is 18.4 Å². The fraction of sp³-hybridized carbons (Fsp3) is 0.222. The minimum Gasteiger partial charge on any atom is -0.464 e. The van der Waals surface area contributed by atoms with E-state index in [1.165, 1.54) is 0 Å². The van der Waals surface area contributed by atoms with Gasteiger partial charge in [-0.3, -0.25) is 4.79 Å². The maximum absolute atomic E-state index is 12.2. The molecule has 0 aliphatic heterocycles. The van der Waals surface area contributed by atoms with Crippen LogP contribution in [0, 0.1) is 6.92 Å². The molecule has 1 amide bonds. The second-order valence-corrected chi connectivity index (χ2v) is 6.28. The number of aromatic nitrogens is 1. The van der Waals surface area contributed by atoms with Crippen molar-refractivity contribution in [2.24, 2.45) is 0 Å². The lowest BCUT2D eigenvalue weighted by atomic mass is 10.2. The van der Waals surface area contributed by atoms with Crippen LogP contribution in [0.15, 0.2) is 52.3 Å². The molecular formula is C18H18N2O2S. The molecule has 0 saturated heterocycles. The Morgan fingerprint density at radius 2 is 2.04 bits per heavy atom. The average Bonchev–Trinajstić information content (AvgIpc) is 3.17. The zero-order valence-electron chi connectivity index (χ0n) is 13.1. The van der Waals surface area contributed by atoms with Crippen molar-refractivity contribution in [1.29, 1.82) is 0 Å². The summed E-state index contributed by atoms with van der Waals surface area (Å²) in [6.07, 6.45) is 0.271. The highest BCUT2D eigenvalue weighted by Gasteiger charge is 2.14. The summed E-state index contributed by atoms with van der Waals surface area (Å²) in [5, 5.41) is 5.81. The van der Waals surface area contributed by atoms with E-state index in [4.69, 9.17) is 4.42 Å². The fourth-order valence-electron chi connectivity index (χ4n) is 2.32. The lowest BCUT2D eigenvalue weighted by Crippen LogP contribution is -2.27. The van der Waals surface area contributed by atoms with Crippen LogP contribution in [0.2, 0.25) is 0 Å². The van der Waals surface area contributed by atoms with Gasteiger partial charge in [-0.2, -0.15) is 0 Å². The number of carbonyl (C=O) groups is 1. The summed E-state index contributed by atoms with van der Waals surface area (Å²) in [5.74, 6) is 1.55. The number of rotatable bonds is 5. The van der Waals surface area contributed by atoms with Gasteiger partial charge in [0.1, 0.15) is 16.5 Å². The molecule has 5 heteroatoms. The number of thiazole rings is 1. The highest BCUT2D eigenvalue weighted by Crippen LogP contribution is 2.23. The third kappa shape index (κ3) is 3.87. The topological polar surface area (TPSA) is 55.1 Å². The predicted molar refractivity (Wildman–Crippen MR) is 91.3 cm³/mol. The molecule has 3 rings (SSSR count). The summed E-state index contributed by atoms with van der Waals surface area (Å²) in [4.78, 5) is 16.7. The first-order valence-electron chi connectivity index (χ1n) is 7.47. The molecular weight excluding hydrogens is 308 g/mol. The molecule has 3 aromatic rings. The summed E-state index contributed by atoms with van der Waals surface area (Å²) in [5.41, 5.74) is 1.86. The number of furan rings is 1. The smallest absolute Gasteiger partial charge is 0.226 e. The number of nitrogens with zero attached hydrogens (tertiary/aromatic N) is 1. The summed E-state index contributed by atoms with van der Waals surface area (Å²) < 4.78 is 5.53. The van der Waals surface area contributed by atoms with Gasteiger partial charge in [0.2, 0.25) is 5.91 Å². The molecule has 2 heterocycles. The summed E-state index contributed by atoms with van der Waals surface area (Å²) in [7, 11) is 0. The van der Waals surface area contributed by atoms with Crippen molar-refractivity contribution in [3.63, 3.8) is 0 Å². The summed E-state index contributed by atoms with van der Waals surface area (Å²) in [6, 6.07) is 13.6. The monoisotopic (exact) mass is 326 g/mol. The number of aryl methyl sites for hydroxylation is 1. The van der Waals surface area contributed by atoms with E-state index in [9.17, 15) is 4.79 Å². The van der Waals surface area contributed by atoms with Crippen molar-refractivity contribution in [1.82, 2.24) is 10.3 Å². The van der Waals surface area contributed by atoms with Crippen LogP contribution in [0.1, 0.15) is 30.2 Å². The van der Waals surface area contributed by atoms with Crippen LogP contribution in [0.25, 0.3) is 10.6 Å². The third-order valence-corrected chi connectivity index (χ3v) is 4.42. The normalized spacial score (nSPS) is 12.1. The molecule has 0 bridgehead atoms. The minimum absolute atomic E-state index is 0.0588. The minimum atomic E-state index is -0.150. The standard InChI is InChI=1S/C18H18N2O2S/c1-12-8-9-16(22-12)13(2)19-17(21)10-15-11-23-18(20-15)14-6-4-3-5-7-14/h3-9,11,13H,10H2,1-2H3,(H,19,21). The Kier molecular flexibility index (Phi) is 4.57. The Morgan fingerprint density at radius 3 is 2.74 bits per heavy atom. The van der Waals surface area contributed by atoms with Crippen LogP contribution in [0.3, 0.4) is 0 Å². The quantitative estimate of drug-likeness (QED) is 0.767. The largest absolute Gasteiger partial charge is 0.464 e. The van der Waals surface area contributed by atoms with Crippen LogP contribution in [0.5, 0.6) is 0 Å². The van der Waals surface area contributed by atoms with Crippen molar-refractivity contribution in [2.75, 3.05) is 0 Å². The lowest BCUT2D eigenvalue weighted by molar-refractivity contribution is -0.121. The van der Waals surface area contributed by atoms with E-state index >= 15 is 0 Å². The van der Waals surface area contributed by atoms with Crippen molar-refractivity contribution in [3.05, 3.63) is 65.1 Å². The van der Waals surface area contributed by atoms with Crippen LogP contribution in [-0.4, -0.2) is 10.9 Å². The Hall–Kier alpha value is -2.40. The molecule has 0 saturated carbocycles. The second-order valence-electron chi connectivity index (χ2n) is 5.42. The molecule has 0 aliphatic carbocycles. The Bertz CT molecular complexity index is 792. The number of carbonyl (C=O) groups excluding carboxylic acids is 1. The first-order valence-corrected chi connectivity index (χ1v) is 8.35. The van der Waals surface area contributed by atoms with Gasteiger partial charge in [0, 0.05) is 10.9 Å². The van der Waals surface area contributed by atoms with Gasteiger partial charge in [0.15, 0.2) is 0 Å². The van der Waals surface area contributed by atoms with Gasteiger partial charge in [-0.05, 0) is 26.0 Å². The number of hydrogen-bond donors (Lipinski definition) is 1. The average molecular weight is 326 g/mol. The first kappa shape index (κ1) is 15.5. The lowest BCUT2D eigenvalue weighted by Gasteiger charge is -2.10. The van der Waals surface area contributed by atoms with Gasteiger partial charge < -0.3 is 9.73 Å². The van der Waals surface area contributed by atoms with E-state index in [2.05, 4.69) is 10.3 Å². The van der Waals surface area contributed by atoms with E-state index in [0.717, 1.165) is 27.8 Å². The highest BCUT2D eigenvalue weighted by molar-refractivity contribution is 7.13. The van der Waals surface area contributed by atoms with Gasteiger partial charge in [0.05, 0.1) is 18.2 Å². The zero-order chi connectivity index (χ0) is 16.2. The third-order valence-electron chi connectivity index (χ3n) is 3.48. The Morgan fingerprint density at radius 1 is 1.26 bits per heavy atom. The molecule has 1 atom stereocenters. The molecule has 1 unspecified atom stereocenters. The molecule has 0 fully saturated rings. The number of hydrogen-bond acceptors (Lipinski definition) is 4. The second kappa shape index (κ2) is 6.79. The maximum Gasteiger partial charge on any atom is 0.226 e. The molecule has 0 aliphatic rings. The van der Waals surface area contributed by atoms with E-state index in [0.29, 0.717) is 0 Å². The fourth-order valence-corrected chi connectivity index (χ4v) is 3.14. The molecule has 23 heavy (non-hydrogen) atoms. The van der Waals surface area contributed by atoms with Gasteiger partial charge in [-0.15, -0.1) is 11.3 Å². The van der Waals surface area contributed by atoms with Crippen LogP contribution < -0.4 is 5.32 Å². The first-order chi connectivity index (χ1) is 11.1. The zero-order valence-corrected chi connectivity index (χ0v) is 13.9. The molecule has 1 N–H and O–H groups in total. The molecule has 1 aromatic carbocycles. The Balaban J connectivity index is 1.61. The van der Waals surface area contributed by atoms with Crippen molar-refractivity contribution < 1.29 is 9.21 Å². The van der Waals surface area contributed by atoms with Gasteiger partial charge in [-0.25, -0.2) is 4.98 Å². The van der Waals surface area contributed by atoms with Gasteiger partial charge >= 0.3 is 0 Å². The molecule has 4 nitrogen and oxygen atoms in total. The highest BCUT2D eigenvalue weighted by atomic mass is 32.1. The van der Waals surface area contributed by atoms with E-state index in [1.807, 2.05) is 61.7 Å². The predicted octanol–water partition coefficient (Wildman–Crippen LogP) is 4.13. The van der Waals surface area contributed by atoms with E-state index in [1.54, 1.807) is 11.3 Å². The molecule has 0 spiro atoms. The van der Waals surface area contributed by atoms with Crippen LogP contribution >= 0.6 is 11.3 Å². The molecule has 0 radical (unpaired) electrons. The number of amides is 1. The number of benzene rings is 1. The maximum atomic E-state index is 12.2. The molecule has 2 aromatic heterocycles. The SMILES string of the molecule is Cc1ccc(C(C)NC(=O)Cc2csc(-c3ccccc3)n2)o1. The number of nitrogens with one attached hydrogen (secondary N) is 1. The van der Waals surface area contributed by atoms with Crippen molar-refractivity contribution in [2.45, 2.75) is 26.3 Å². The van der Waals surface area contributed by atoms with Crippen LogP contribution in [0.4, 0.5) is 0 Å². The van der Waals surface area contributed by atoms with E-state index < -0.39 is 0 Å². The van der Waals surface area contributed by atoms with Gasteiger partial charge in [0.25, 0.3) is 0 Å². The van der Waals surface area contributed by atoms with Gasteiger partial charge in [-0.1, -0.05) is 30.3 Å². The summed E-state index contributed by atoms with van der Waals surface area (Å²) >= 11 is 1.55. The van der Waals surface area contributed by atoms with Crippen molar-refractivity contribution >= 4 is 17.2 Å².